The standard InChI is InChI=1S/C9H4BrF2N/c10-6-4-5-2-1-3-13-9(5)8(12)7(6)11/h1-4H. The molecular weight excluding hydrogens is 240 g/mol. The van der Waals surface area contributed by atoms with Gasteiger partial charge in [0, 0.05) is 11.6 Å². The van der Waals surface area contributed by atoms with Crippen molar-refractivity contribution in [1.29, 1.82) is 0 Å². The Morgan fingerprint density at radius 3 is 2.77 bits per heavy atom. The first-order chi connectivity index (χ1) is 6.20. The number of fused-ring (bicyclic) bond motifs is 1. The molecule has 0 aliphatic rings. The van der Waals surface area contributed by atoms with E-state index in [4.69, 9.17) is 0 Å². The Hall–Kier alpha value is -1.03. The quantitative estimate of drug-likeness (QED) is 0.648. The Bertz CT molecular complexity index is 470. The molecule has 0 spiro atoms. The lowest BCUT2D eigenvalue weighted by Crippen LogP contribution is -1.90. The third-order valence-electron chi connectivity index (χ3n) is 1.73. The van der Waals surface area contributed by atoms with Crippen LogP contribution < -0.4 is 0 Å². The summed E-state index contributed by atoms with van der Waals surface area (Å²) in [6, 6.07) is 4.85. The third kappa shape index (κ3) is 1.31. The van der Waals surface area contributed by atoms with Gasteiger partial charge in [0.1, 0.15) is 5.52 Å². The molecule has 13 heavy (non-hydrogen) atoms. The number of rotatable bonds is 0. The first kappa shape index (κ1) is 8.56. The highest BCUT2D eigenvalue weighted by atomic mass is 79.9. The largest absolute Gasteiger partial charge is 0.253 e. The van der Waals surface area contributed by atoms with Crippen molar-refractivity contribution in [2.75, 3.05) is 0 Å². The number of nitrogens with zero attached hydrogens (tertiary/aromatic N) is 1. The maximum Gasteiger partial charge on any atom is 0.186 e. The molecule has 0 saturated carbocycles. The predicted molar refractivity (Wildman–Crippen MR) is 49.4 cm³/mol. The summed E-state index contributed by atoms with van der Waals surface area (Å²) in [7, 11) is 0. The number of halogens is 3. The van der Waals surface area contributed by atoms with Gasteiger partial charge >= 0.3 is 0 Å². The minimum atomic E-state index is -0.912. The lowest BCUT2D eigenvalue weighted by molar-refractivity contribution is 0.511. The van der Waals surface area contributed by atoms with Gasteiger partial charge in [0.2, 0.25) is 0 Å². The van der Waals surface area contributed by atoms with E-state index in [1.807, 2.05) is 0 Å². The average Bonchev–Trinajstić information content (AvgIpc) is 2.15. The van der Waals surface area contributed by atoms with Crippen molar-refractivity contribution in [2.45, 2.75) is 0 Å². The van der Waals surface area contributed by atoms with Gasteiger partial charge in [-0.05, 0) is 28.1 Å². The van der Waals surface area contributed by atoms with E-state index in [0.29, 0.717) is 5.39 Å². The summed E-state index contributed by atoms with van der Waals surface area (Å²) in [6.07, 6.45) is 1.43. The van der Waals surface area contributed by atoms with Crippen LogP contribution in [-0.2, 0) is 0 Å². The normalized spacial score (nSPS) is 10.7. The fourth-order valence-electron chi connectivity index (χ4n) is 1.13. The molecule has 0 aliphatic carbocycles. The second-order valence-electron chi connectivity index (χ2n) is 2.56. The van der Waals surface area contributed by atoms with Gasteiger partial charge in [-0.3, -0.25) is 4.98 Å². The van der Waals surface area contributed by atoms with Crippen LogP contribution in [0.2, 0.25) is 0 Å². The summed E-state index contributed by atoms with van der Waals surface area (Å²) in [5, 5.41) is 0.577. The van der Waals surface area contributed by atoms with Crippen LogP contribution in [0.15, 0.2) is 28.9 Å². The molecule has 0 amide bonds. The zero-order valence-corrected chi connectivity index (χ0v) is 7.98. The third-order valence-corrected chi connectivity index (χ3v) is 2.31. The molecule has 1 heterocycles. The summed E-state index contributed by atoms with van der Waals surface area (Å²) in [4.78, 5) is 3.75. The topological polar surface area (TPSA) is 12.9 Å². The molecule has 2 aromatic rings. The van der Waals surface area contributed by atoms with Crippen molar-refractivity contribution in [3.05, 3.63) is 40.5 Å². The van der Waals surface area contributed by atoms with E-state index in [1.54, 1.807) is 12.1 Å². The van der Waals surface area contributed by atoms with Crippen LogP contribution in [0.5, 0.6) is 0 Å². The smallest absolute Gasteiger partial charge is 0.186 e. The number of hydrogen-bond acceptors (Lipinski definition) is 1. The van der Waals surface area contributed by atoms with Gasteiger partial charge in [-0.1, -0.05) is 6.07 Å². The summed E-state index contributed by atoms with van der Waals surface area (Å²) in [6.45, 7) is 0. The average molecular weight is 244 g/mol. The van der Waals surface area contributed by atoms with E-state index < -0.39 is 11.6 Å². The van der Waals surface area contributed by atoms with Crippen LogP contribution in [0.3, 0.4) is 0 Å². The Balaban J connectivity index is 2.94. The molecule has 0 fully saturated rings. The van der Waals surface area contributed by atoms with Crippen molar-refractivity contribution in [3.8, 4) is 0 Å². The first-order valence-corrected chi connectivity index (χ1v) is 4.37. The van der Waals surface area contributed by atoms with E-state index in [9.17, 15) is 8.78 Å². The molecule has 66 valence electrons. The van der Waals surface area contributed by atoms with E-state index in [-0.39, 0.29) is 9.99 Å². The molecule has 0 N–H and O–H groups in total. The van der Waals surface area contributed by atoms with Crippen LogP contribution in [0.1, 0.15) is 0 Å². The minimum Gasteiger partial charge on any atom is -0.253 e. The molecule has 1 aromatic heterocycles. The molecule has 0 aliphatic heterocycles. The van der Waals surface area contributed by atoms with E-state index in [1.165, 1.54) is 12.3 Å². The monoisotopic (exact) mass is 243 g/mol. The molecule has 1 nitrogen and oxygen atoms in total. The van der Waals surface area contributed by atoms with E-state index in [2.05, 4.69) is 20.9 Å². The second kappa shape index (κ2) is 3.03. The maximum absolute atomic E-state index is 13.2. The molecule has 0 saturated heterocycles. The lowest BCUT2D eigenvalue weighted by atomic mass is 10.2. The maximum atomic E-state index is 13.2. The molecule has 2 rings (SSSR count). The number of pyridine rings is 1. The highest BCUT2D eigenvalue weighted by Crippen LogP contribution is 2.25. The zero-order chi connectivity index (χ0) is 9.42. The highest BCUT2D eigenvalue weighted by Gasteiger charge is 2.11. The van der Waals surface area contributed by atoms with Gasteiger partial charge in [0.25, 0.3) is 0 Å². The van der Waals surface area contributed by atoms with Crippen LogP contribution in [-0.4, -0.2) is 4.98 Å². The molecule has 0 atom stereocenters. The van der Waals surface area contributed by atoms with Gasteiger partial charge in [-0.2, -0.15) is 0 Å². The van der Waals surface area contributed by atoms with Crippen molar-refractivity contribution < 1.29 is 8.78 Å². The second-order valence-corrected chi connectivity index (χ2v) is 3.42. The minimum absolute atomic E-state index is 0.0585. The Labute approximate surface area is 81.5 Å². The molecule has 0 bridgehead atoms. The van der Waals surface area contributed by atoms with Crippen LogP contribution >= 0.6 is 15.9 Å². The van der Waals surface area contributed by atoms with Crippen molar-refractivity contribution in [1.82, 2.24) is 4.98 Å². The summed E-state index contributed by atoms with van der Waals surface area (Å²) >= 11 is 2.92. The Morgan fingerprint density at radius 1 is 1.23 bits per heavy atom. The summed E-state index contributed by atoms with van der Waals surface area (Å²) in [5.41, 5.74) is 0.0585. The van der Waals surface area contributed by atoms with Gasteiger partial charge < -0.3 is 0 Å². The number of aromatic nitrogens is 1. The van der Waals surface area contributed by atoms with Crippen molar-refractivity contribution in [2.24, 2.45) is 0 Å². The first-order valence-electron chi connectivity index (χ1n) is 3.58. The molecule has 4 heteroatoms. The van der Waals surface area contributed by atoms with Gasteiger partial charge in [0.15, 0.2) is 11.6 Å². The van der Waals surface area contributed by atoms with Crippen molar-refractivity contribution >= 4 is 26.8 Å². The molecule has 0 unspecified atom stereocenters. The van der Waals surface area contributed by atoms with Gasteiger partial charge in [-0.15, -0.1) is 0 Å². The molecule has 1 aromatic carbocycles. The van der Waals surface area contributed by atoms with Gasteiger partial charge in [0.05, 0.1) is 4.47 Å². The number of hydrogen-bond donors (Lipinski definition) is 0. The SMILES string of the molecule is Fc1c(Br)cc2cccnc2c1F. The van der Waals surface area contributed by atoms with Crippen LogP contribution in [0, 0.1) is 11.6 Å². The molecular formula is C9H4BrF2N. The fraction of sp³-hybridized carbons (Fsp3) is 0. The van der Waals surface area contributed by atoms with E-state index in [0.717, 1.165) is 0 Å². The van der Waals surface area contributed by atoms with Crippen LogP contribution in [0.4, 0.5) is 8.78 Å². The van der Waals surface area contributed by atoms with E-state index >= 15 is 0 Å². The predicted octanol–water partition coefficient (Wildman–Crippen LogP) is 3.28. The lowest BCUT2D eigenvalue weighted by Gasteiger charge is -2.00. The Kier molecular flexibility index (Phi) is 2.00. The molecule has 0 radical (unpaired) electrons. The number of benzene rings is 1. The summed E-state index contributed by atoms with van der Waals surface area (Å²) in [5.74, 6) is -1.81. The van der Waals surface area contributed by atoms with Crippen molar-refractivity contribution in [3.63, 3.8) is 0 Å². The highest BCUT2D eigenvalue weighted by molar-refractivity contribution is 9.10. The van der Waals surface area contributed by atoms with Gasteiger partial charge in [-0.25, -0.2) is 8.78 Å². The van der Waals surface area contributed by atoms with Crippen LogP contribution in [0.25, 0.3) is 10.9 Å². The summed E-state index contributed by atoms with van der Waals surface area (Å²) < 4.78 is 26.3. The zero-order valence-electron chi connectivity index (χ0n) is 6.39. The fourth-order valence-corrected chi connectivity index (χ4v) is 1.55. The Morgan fingerprint density at radius 2 is 2.00 bits per heavy atom.